The maximum Gasteiger partial charge on any atom is 0.288 e. The van der Waals surface area contributed by atoms with E-state index >= 15 is 0 Å². The molecule has 0 atom stereocenters. The van der Waals surface area contributed by atoms with E-state index in [1.807, 2.05) is 22.4 Å². The number of amides is 1. The first kappa shape index (κ1) is 18.6. The smallest absolute Gasteiger partial charge is 0.288 e. The molecule has 0 aliphatic heterocycles. The minimum absolute atomic E-state index is 0.164. The number of hydrogen-bond donors (Lipinski definition) is 1. The van der Waals surface area contributed by atoms with Crippen molar-refractivity contribution in [2.45, 2.75) is 17.2 Å². The number of halogens is 2. The number of rotatable bonds is 9. The van der Waals surface area contributed by atoms with Crippen LogP contribution < -0.4 is 5.32 Å². The van der Waals surface area contributed by atoms with Crippen LogP contribution in [0.2, 0.25) is 0 Å². The first-order valence-electron chi connectivity index (χ1n) is 7.28. The van der Waals surface area contributed by atoms with Gasteiger partial charge in [-0.2, -0.15) is 8.78 Å². The van der Waals surface area contributed by atoms with Crippen LogP contribution in [0.15, 0.2) is 59.3 Å². The SMILES string of the molecule is C=CCN(CC(=O)Nc1ccccc1SC(F)F)Cc1cccs1. The number of anilines is 1. The molecule has 0 unspecified atom stereocenters. The Kier molecular flexibility index (Phi) is 7.42. The van der Waals surface area contributed by atoms with Gasteiger partial charge in [-0.15, -0.1) is 17.9 Å². The van der Waals surface area contributed by atoms with Gasteiger partial charge < -0.3 is 5.32 Å². The third-order valence-electron chi connectivity index (χ3n) is 3.09. The molecule has 7 heteroatoms. The van der Waals surface area contributed by atoms with Gasteiger partial charge >= 0.3 is 0 Å². The zero-order valence-corrected chi connectivity index (χ0v) is 14.6. The largest absolute Gasteiger partial charge is 0.324 e. The molecule has 0 spiro atoms. The molecule has 0 radical (unpaired) electrons. The lowest BCUT2D eigenvalue weighted by Crippen LogP contribution is -2.33. The quantitative estimate of drug-likeness (QED) is 0.515. The molecule has 0 fully saturated rings. The molecule has 0 bridgehead atoms. The molecule has 1 aromatic heterocycles. The van der Waals surface area contributed by atoms with Crippen LogP contribution >= 0.6 is 23.1 Å². The van der Waals surface area contributed by atoms with Crippen molar-refractivity contribution in [3.8, 4) is 0 Å². The van der Waals surface area contributed by atoms with Crippen LogP contribution in [-0.2, 0) is 11.3 Å². The molecule has 2 aromatic rings. The summed E-state index contributed by atoms with van der Waals surface area (Å²) in [6, 6.07) is 10.5. The minimum Gasteiger partial charge on any atom is -0.324 e. The fourth-order valence-corrected chi connectivity index (χ4v) is 3.49. The van der Waals surface area contributed by atoms with E-state index in [0.717, 1.165) is 4.88 Å². The Hall–Kier alpha value is -1.70. The predicted molar refractivity (Wildman–Crippen MR) is 96.7 cm³/mol. The van der Waals surface area contributed by atoms with Crippen molar-refractivity contribution in [1.29, 1.82) is 0 Å². The van der Waals surface area contributed by atoms with Crippen molar-refractivity contribution in [3.63, 3.8) is 0 Å². The van der Waals surface area contributed by atoms with Gasteiger partial charge in [-0.25, -0.2) is 0 Å². The minimum atomic E-state index is -2.53. The number of nitrogens with zero attached hydrogens (tertiary/aromatic N) is 1. The fourth-order valence-electron chi connectivity index (χ4n) is 2.15. The van der Waals surface area contributed by atoms with Gasteiger partial charge in [0.2, 0.25) is 5.91 Å². The van der Waals surface area contributed by atoms with Crippen molar-refractivity contribution in [2.75, 3.05) is 18.4 Å². The number of para-hydroxylation sites is 1. The summed E-state index contributed by atoms with van der Waals surface area (Å²) in [5.74, 6) is -2.77. The molecule has 0 saturated carbocycles. The molecule has 1 amide bonds. The Morgan fingerprint density at radius 3 is 2.79 bits per heavy atom. The molecule has 1 N–H and O–H groups in total. The molecule has 128 valence electrons. The van der Waals surface area contributed by atoms with Crippen LogP contribution in [0, 0.1) is 0 Å². The third kappa shape index (κ3) is 6.07. The van der Waals surface area contributed by atoms with Gasteiger partial charge in [-0.3, -0.25) is 9.69 Å². The van der Waals surface area contributed by atoms with E-state index in [1.165, 1.54) is 0 Å². The highest BCUT2D eigenvalue weighted by atomic mass is 32.2. The molecule has 3 nitrogen and oxygen atoms in total. The van der Waals surface area contributed by atoms with Crippen molar-refractivity contribution >= 4 is 34.7 Å². The Bertz CT molecular complexity index is 662. The zero-order valence-electron chi connectivity index (χ0n) is 13.0. The number of nitrogens with one attached hydrogen (secondary N) is 1. The summed E-state index contributed by atoms with van der Waals surface area (Å²) >= 11 is 2.05. The summed E-state index contributed by atoms with van der Waals surface area (Å²) in [5, 5.41) is 4.70. The third-order valence-corrected chi connectivity index (χ3v) is 4.74. The molecular formula is C17H18F2N2OS2. The summed E-state index contributed by atoms with van der Waals surface area (Å²) < 4.78 is 25.2. The van der Waals surface area contributed by atoms with Crippen molar-refractivity contribution in [1.82, 2.24) is 4.90 Å². The second kappa shape index (κ2) is 9.56. The summed E-state index contributed by atoms with van der Waals surface area (Å²) in [5.41, 5.74) is 0.405. The van der Waals surface area contributed by atoms with Gasteiger partial charge in [0.25, 0.3) is 5.76 Å². The van der Waals surface area contributed by atoms with Gasteiger partial charge in [-0.05, 0) is 23.6 Å². The van der Waals surface area contributed by atoms with E-state index in [0.29, 0.717) is 35.4 Å². The van der Waals surface area contributed by atoms with E-state index in [4.69, 9.17) is 0 Å². The number of thioether (sulfide) groups is 1. The van der Waals surface area contributed by atoms with E-state index in [9.17, 15) is 13.6 Å². The number of carbonyl (C=O) groups excluding carboxylic acids is 1. The number of thiophene rings is 1. The summed E-state index contributed by atoms with van der Waals surface area (Å²) in [6.07, 6.45) is 1.74. The molecule has 1 heterocycles. The number of benzene rings is 1. The van der Waals surface area contributed by atoms with Crippen LogP contribution in [0.5, 0.6) is 0 Å². The van der Waals surface area contributed by atoms with Crippen LogP contribution in [0.25, 0.3) is 0 Å². The fraction of sp³-hybridized carbons (Fsp3) is 0.235. The second-order valence-electron chi connectivity index (χ2n) is 4.96. The maximum absolute atomic E-state index is 12.6. The lowest BCUT2D eigenvalue weighted by molar-refractivity contribution is -0.117. The average molecular weight is 368 g/mol. The Balaban J connectivity index is 1.99. The second-order valence-corrected chi connectivity index (χ2v) is 7.02. The van der Waals surface area contributed by atoms with Gasteiger partial charge in [0.05, 0.1) is 12.2 Å². The van der Waals surface area contributed by atoms with Crippen LogP contribution in [0.3, 0.4) is 0 Å². The van der Waals surface area contributed by atoms with Crippen molar-refractivity contribution in [2.24, 2.45) is 0 Å². The highest BCUT2D eigenvalue weighted by Gasteiger charge is 2.14. The van der Waals surface area contributed by atoms with Crippen LogP contribution in [-0.4, -0.2) is 29.7 Å². The number of alkyl halides is 2. The van der Waals surface area contributed by atoms with Gasteiger partial charge in [0.15, 0.2) is 0 Å². The zero-order chi connectivity index (χ0) is 17.4. The Morgan fingerprint density at radius 2 is 2.12 bits per heavy atom. The number of carbonyl (C=O) groups is 1. The van der Waals surface area contributed by atoms with E-state index < -0.39 is 5.76 Å². The lowest BCUT2D eigenvalue weighted by Gasteiger charge is -2.20. The van der Waals surface area contributed by atoms with E-state index in [-0.39, 0.29) is 12.5 Å². The highest BCUT2D eigenvalue weighted by Crippen LogP contribution is 2.31. The van der Waals surface area contributed by atoms with Crippen molar-refractivity contribution < 1.29 is 13.6 Å². The van der Waals surface area contributed by atoms with E-state index in [2.05, 4.69) is 11.9 Å². The Labute approximate surface area is 148 Å². The predicted octanol–water partition coefficient (Wildman–Crippen LogP) is 4.69. The summed E-state index contributed by atoms with van der Waals surface area (Å²) in [4.78, 5) is 15.7. The molecule has 0 aliphatic carbocycles. The highest BCUT2D eigenvalue weighted by molar-refractivity contribution is 7.99. The lowest BCUT2D eigenvalue weighted by atomic mass is 10.3. The normalized spacial score (nSPS) is 11.0. The first-order chi connectivity index (χ1) is 11.6. The molecular weight excluding hydrogens is 350 g/mol. The Morgan fingerprint density at radius 1 is 1.33 bits per heavy atom. The maximum atomic E-state index is 12.6. The van der Waals surface area contributed by atoms with Crippen LogP contribution in [0.1, 0.15) is 4.88 Å². The molecule has 24 heavy (non-hydrogen) atoms. The van der Waals surface area contributed by atoms with Crippen LogP contribution in [0.4, 0.5) is 14.5 Å². The molecule has 2 rings (SSSR count). The standard InChI is InChI=1S/C17H18F2N2OS2/c1-2-9-21(11-13-6-5-10-23-13)12-16(22)20-14-7-3-4-8-15(14)24-17(18)19/h2-8,10,17H,1,9,11-12H2,(H,20,22). The monoisotopic (exact) mass is 368 g/mol. The number of hydrogen-bond acceptors (Lipinski definition) is 4. The topological polar surface area (TPSA) is 32.3 Å². The first-order valence-corrected chi connectivity index (χ1v) is 9.03. The van der Waals surface area contributed by atoms with Gasteiger partial charge in [0, 0.05) is 22.9 Å². The average Bonchev–Trinajstić information content (AvgIpc) is 3.02. The van der Waals surface area contributed by atoms with Gasteiger partial charge in [-0.1, -0.05) is 36.0 Å². The van der Waals surface area contributed by atoms with Crippen molar-refractivity contribution in [3.05, 3.63) is 59.3 Å². The molecule has 0 aliphatic rings. The summed E-state index contributed by atoms with van der Waals surface area (Å²) in [7, 11) is 0. The van der Waals surface area contributed by atoms with E-state index in [1.54, 1.807) is 41.7 Å². The molecule has 1 aromatic carbocycles. The van der Waals surface area contributed by atoms with Gasteiger partial charge in [0.1, 0.15) is 0 Å². The molecule has 0 saturated heterocycles. The summed E-state index contributed by atoms with van der Waals surface area (Å²) in [6.45, 7) is 5.09.